The van der Waals surface area contributed by atoms with Gasteiger partial charge < -0.3 is 5.11 Å². The molecule has 0 aliphatic heterocycles. The number of hydrogen-bond donors (Lipinski definition) is 1. The third-order valence-electron chi connectivity index (χ3n) is 3.18. The Morgan fingerprint density at radius 2 is 1.95 bits per heavy atom. The molecule has 0 saturated carbocycles. The number of benzene rings is 1. The van der Waals surface area contributed by atoms with Gasteiger partial charge in [0.25, 0.3) is 0 Å². The molecule has 0 saturated heterocycles. The Kier molecular flexibility index (Phi) is 3.17. The molecule has 0 radical (unpaired) electrons. The summed E-state index contributed by atoms with van der Waals surface area (Å²) in [5.41, 5.74) is 2.05. The zero-order chi connectivity index (χ0) is 13.6. The Hall–Kier alpha value is -1.23. The van der Waals surface area contributed by atoms with E-state index in [0.29, 0.717) is 5.56 Å². The second-order valence-corrected chi connectivity index (χ2v) is 6.74. The standard InChI is InChI=1S/C15H13FOS2/c1-8-5-9(2)14(10(16)6-8)15(17)13-7-12-11(19-13)3-4-18-12/h3-7,15,17H,1-2H3. The molecule has 0 fully saturated rings. The highest BCUT2D eigenvalue weighted by molar-refractivity contribution is 7.26. The van der Waals surface area contributed by atoms with Crippen molar-refractivity contribution in [2.75, 3.05) is 0 Å². The Morgan fingerprint density at radius 3 is 2.63 bits per heavy atom. The molecular formula is C15H13FOS2. The summed E-state index contributed by atoms with van der Waals surface area (Å²) < 4.78 is 16.4. The molecule has 1 aromatic carbocycles. The van der Waals surface area contributed by atoms with Crippen LogP contribution in [0.3, 0.4) is 0 Å². The van der Waals surface area contributed by atoms with E-state index >= 15 is 0 Å². The molecule has 98 valence electrons. The molecule has 0 aliphatic carbocycles. The fraction of sp³-hybridized carbons (Fsp3) is 0.200. The first kappa shape index (κ1) is 12.8. The van der Waals surface area contributed by atoms with Crippen LogP contribution in [-0.4, -0.2) is 5.11 Å². The molecule has 0 amide bonds. The Bertz CT molecular complexity index is 690. The van der Waals surface area contributed by atoms with Crippen LogP contribution in [0.2, 0.25) is 0 Å². The van der Waals surface area contributed by atoms with Gasteiger partial charge in [0.2, 0.25) is 0 Å². The maximum Gasteiger partial charge on any atom is 0.129 e. The maximum atomic E-state index is 14.1. The minimum Gasteiger partial charge on any atom is -0.383 e. The molecule has 1 unspecified atom stereocenters. The fourth-order valence-electron chi connectivity index (χ4n) is 2.33. The van der Waals surface area contributed by atoms with Crippen LogP contribution >= 0.6 is 22.7 Å². The average Bonchev–Trinajstić information content (AvgIpc) is 2.86. The number of aryl methyl sites for hydroxylation is 2. The van der Waals surface area contributed by atoms with E-state index in [0.717, 1.165) is 25.4 Å². The molecule has 4 heteroatoms. The summed E-state index contributed by atoms with van der Waals surface area (Å²) in [6, 6.07) is 7.35. The van der Waals surface area contributed by atoms with Gasteiger partial charge in [0.05, 0.1) is 0 Å². The zero-order valence-corrected chi connectivity index (χ0v) is 12.2. The van der Waals surface area contributed by atoms with Crippen LogP contribution in [0, 0.1) is 19.7 Å². The van der Waals surface area contributed by atoms with Gasteiger partial charge in [-0.15, -0.1) is 22.7 Å². The lowest BCUT2D eigenvalue weighted by molar-refractivity contribution is 0.218. The summed E-state index contributed by atoms with van der Waals surface area (Å²) >= 11 is 3.16. The van der Waals surface area contributed by atoms with Crippen LogP contribution in [0.4, 0.5) is 4.39 Å². The molecule has 3 rings (SSSR count). The van der Waals surface area contributed by atoms with Crippen LogP contribution < -0.4 is 0 Å². The van der Waals surface area contributed by atoms with Crippen molar-refractivity contribution in [1.29, 1.82) is 0 Å². The normalized spacial score (nSPS) is 13.1. The molecule has 1 N–H and O–H groups in total. The van der Waals surface area contributed by atoms with Crippen LogP contribution in [-0.2, 0) is 0 Å². The molecule has 1 nitrogen and oxygen atoms in total. The first-order chi connectivity index (χ1) is 9.06. The van der Waals surface area contributed by atoms with Gasteiger partial charge >= 0.3 is 0 Å². The number of aliphatic hydroxyl groups excluding tert-OH is 1. The smallest absolute Gasteiger partial charge is 0.129 e. The summed E-state index contributed by atoms with van der Waals surface area (Å²) in [6.45, 7) is 3.69. The first-order valence-electron chi connectivity index (χ1n) is 5.98. The monoisotopic (exact) mass is 292 g/mol. The van der Waals surface area contributed by atoms with E-state index in [4.69, 9.17) is 0 Å². The first-order valence-corrected chi connectivity index (χ1v) is 7.67. The lowest BCUT2D eigenvalue weighted by atomic mass is 9.99. The van der Waals surface area contributed by atoms with E-state index in [2.05, 4.69) is 0 Å². The van der Waals surface area contributed by atoms with Crippen LogP contribution in [0.5, 0.6) is 0 Å². The van der Waals surface area contributed by atoms with Gasteiger partial charge in [0.15, 0.2) is 0 Å². The van der Waals surface area contributed by atoms with E-state index in [9.17, 15) is 9.50 Å². The van der Waals surface area contributed by atoms with E-state index in [1.54, 1.807) is 11.3 Å². The lowest BCUT2D eigenvalue weighted by Gasteiger charge is -2.14. The van der Waals surface area contributed by atoms with E-state index in [1.807, 2.05) is 37.4 Å². The van der Waals surface area contributed by atoms with Gasteiger partial charge in [-0.05, 0) is 48.6 Å². The van der Waals surface area contributed by atoms with Crippen molar-refractivity contribution in [3.05, 3.63) is 57.0 Å². The zero-order valence-electron chi connectivity index (χ0n) is 10.6. The van der Waals surface area contributed by atoms with Crippen molar-refractivity contribution in [2.45, 2.75) is 20.0 Å². The summed E-state index contributed by atoms with van der Waals surface area (Å²) in [5.74, 6) is -0.332. The summed E-state index contributed by atoms with van der Waals surface area (Å²) in [4.78, 5) is 0.799. The van der Waals surface area contributed by atoms with Gasteiger partial charge in [-0.25, -0.2) is 4.39 Å². The number of fused-ring (bicyclic) bond motifs is 1. The van der Waals surface area contributed by atoms with Crippen molar-refractivity contribution >= 4 is 32.1 Å². The Labute approximate surface area is 119 Å². The summed E-state index contributed by atoms with van der Waals surface area (Å²) in [5, 5.41) is 12.5. The lowest BCUT2D eigenvalue weighted by Crippen LogP contribution is -2.04. The van der Waals surface area contributed by atoms with Crippen LogP contribution in [0.15, 0.2) is 29.6 Å². The number of aliphatic hydroxyl groups is 1. The molecule has 0 spiro atoms. The predicted octanol–water partition coefficient (Wildman–Crippen LogP) is 4.80. The molecule has 19 heavy (non-hydrogen) atoms. The van der Waals surface area contributed by atoms with E-state index in [1.165, 1.54) is 17.4 Å². The SMILES string of the molecule is Cc1cc(C)c(C(O)c2cc3sccc3s2)c(F)c1. The van der Waals surface area contributed by atoms with E-state index in [-0.39, 0.29) is 5.82 Å². The highest BCUT2D eigenvalue weighted by Crippen LogP contribution is 2.37. The molecular weight excluding hydrogens is 279 g/mol. The van der Waals surface area contributed by atoms with Gasteiger partial charge in [0, 0.05) is 19.8 Å². The quantitative estimate of drug-likeness (QED) is 0.719. The highest BCUT2D eigenvalue weighted by atomic mass is 32.1. The molecule has 3 aromatic rings. The van der Waals surface area contributed by atoms with Crippen molar-refractivity contribution in [1.82, 2.24) is 0 Å². The third kappa shape index (κ3) is 2.20. The van der Waals surface area contributed by atoms with Crippen LogP contribution in [0.1, 0.15) is 27.7 Å². The van der Waals surface area contributed by atoms with Crippen molar-refractivity contribution in [3.63, 3.8) is 0 Å². The van der Waals surface area contributed by atoms with Gasteiger partial charge in [-0.3, -0.25) is 0 Å². The Morgan fingerprint density at radius 1 is 1.16 bits per heavy atom. The average molecular weight is 292 g/mol. The minimum atomic E-state index is -0.884. The van der Waals surface area contributed by atoms with Gasteiger partial charge in [-0.2, -0.15) is 0 Å². The van der Waals surface area contributed by atoms with Crippen molar-refractivity contribution in [3.8, 4) is 0 Å². The van der Waals surface area contributed by atoms with E-state index < -0.39 is 6.10 Å². The number of hydrogen-bond acceptors (Lipinski definition) is 3. The largest absolute Gasteiger partial charge is 0.383 e. The second kappa shape index (κ2) is 4.71. The molecule has 2 heterocycles. The second-order valence-electron chi connectivity index (χ2n) is 4.68. The highest BCUT2D eigenvalue weighted by Gasteiger charge is 2.20. The van der Waals surface area contributed by atoms with Gasteiger partial charge in [0.1, 0.15) is 11.9 Å². The van der Waals surface area contributed by atoms with Crippen molar-refractivity contribution in [2.24, 2.45) is 0 Å². The Balaban J connectivity index is 2.09. The summed E-state index contributed by atoms with van der Waals surface area (Å²) in [7, 11) is 0. The third-order valence-corrected chi connectivity index (χ3v) is 5.33. The summed E-state index contributed by atoms with van der Waals surface area (Å²) in [6.07, 6.45) is -0.884. The maximum absolute atomic E-state index is 14.1. The number of rotatable bonds is 2. The van der Waals surface area contributed by atoms with Crippen molar-refractivity contribution < 1.29 is 9.50 Å². The fourth-order valence-corrected chi connectivity index (χ4v) is 4.45. The molecule has 0 aliphatic rings. The number of halogens is 1. The molecule has 0 bridgehead atoms. The molecule has 2 aromatic heterocycles. The molecule has 1 atom stereocenters. The number of thiophene rings is 2. The van der Waals surface area contributed by atoms with Gasteiger partial charge in [-0.1, -0.05) is 6.07 Å². The topological polar surface area (TPSA) is 20.2 Å². The van der Waals surface area contributed by atoms with Crippen LogP contribution in [0.25, 0.3) is 9.40 Å². The predicted molar refractivity (Wildman–Crippen MR) is 79.6 cm³/mol. The minimum absolute atomic E-state index is 0.332.